The van der Waals surface area contributed by atoms with Crippen molar-refractivity contribution < 1.29 is 9.90 Å². The van der Waals surface area contributed by atoms with Gasteiger partial charge >= 0.3 is 5.97 Å². The molecule has 1 saturated heterocycles. The molecule has 0 aromatic rings. The molecule has 0 aromatic heterocycles. The molecule has 1 rings (SSSR count). The van der Waals surface area contributed by atoms with Crippen molar-refractivity contribution in [3.63, 3.8) is 0 Å². The molecule has 0 bridgehead atoms. The van der Waals surface area contributed by atoms with Gasteiger partial charge in [0, 0.05) is 13.0 Å². The summed E-state index contributed by atoms with van der Waals surface area (Å²) in [4.78, 5) is 13.1. The van der Waals surface area contributed by atoms with Gasteiger partial charge in [0.05, 0.1) is 0 Å². The maximum atomic E-state index is 11.1. The van der Waals surface area contributed by atoms with Crippen LogP contribution in [0.3, 0.4) is 0 Å². The van der Waals surface area contributed by atoms with Crippen molar-refractivity contribution in [1.29, 1.82) is 0 Å². The number of carboxylic acids is 1. The van der Waals surface area contributed by atoms with E-state index in [2.05, 4.69) is 12.8 Å². The monoisotopic (exact) mass is 209 g/mol. The second-order valence-electron chi connectivity index (χ2n) is 4.14. The summed E-state index contributed by atoms with van der Waals surface area (Å²) in [5.74, 6) is 2.42. The summed E-state index contributed by atoms with van der Waals surface area (Å²) in [5, 5.41) is 9.13. The summed E-state index contributed by atoms with van der Waals surface area (Å²) >= 11 is 0. The average Bonchev–Trinajstić information content (AvgIpc) is 2.26. The van der Waals surface area contributed by atoms with Crippen LogP contribution in [0.15, 0.2) is 0 Å². The van der Waals surface area contributed by atoms with Gasteiger partial charge in [-0.2, -0.15) is 0 Å². The van der Waals surface area contributed by atoms with Gasteiger partial charge in [0.25, 0.3) is 0 Å². The van der Waals surface area contributed by atoms with Gasteiger partial charge in [0.2, 0.25) is 0 Å². The SMILES string of the molecule is C#CCCN1CCC(CC)CC1C(=O)O. The molecule has 1 heterocycles. The molecule has 1 N–H and O–H groups in total. The standard InChI is InChI=1S/C12H19NO2/c1-3-5-7-13-8-6-10(4-2)9-11(13)12(14)15/h1,10-11H,4-9H2,2H3,(H,14,15). The minimum Gasteiger partial charge on any atom is -0.480 e. The zero-order valence-electron chi connectivity index (χ0n) is 9.28. The maximum absolute atomic E-state index is 11.1. The van der Waals surface area contributed by atoms with Gasteiger partial charge < -0.3 is 5.11 Å². The Kier molecular flexibility index (Phi) is 4.64. The highest BCUT2D eigenvalue weighted by Gasteiger charge is 2.31. The van der Waals surface area contributed by atoms with E-state index in [-0.39, 0.29) is 6.04 Å². The first kappa shape index (κ1) is 12.1. The Hall–Kier alpha value is -1.01. The summed E-state index contributed by atoms with van der Waals surface area (Å²) < 4.78 is 0. The summed E-state index contributed by atoms with van der Waals surface area (Å²) in [6, 6.07) is -0.322. The van der Waals surface area contributed by atoms with Gasteiger partial charge in [-0.3, -0.25) is 9.69 Å². The van der Waals surface area contributed by atoms with Crippen molar-refractivity contribution in [3.8, 4) is 12.3 Å². The molecule has 0 spiro atoms. The van der Waals surface area contributed by atoms with Crippen LogP contribution >= 0.6 is 0 Å². The molecule has 84 valence electrons. The first-order chi connectivity index (χ1) is 7.19. The topological polar surface area (TPSA) is 40.5 Å². The lowest BCUT2D eigenvalue weighted by atomic mass is 9.89. The highest BCUT2D eigenvalue weighted by molar-refractivity contribution is 5.73. The molecule has 3 heteroatoms. The van der Waals surface area contributed by atoms with Gasteiger partial charge in [-0.25, -0.2) is 0 Å². The Balaban J connectivity index is 2.55. The van der Waals surface area contributed by atoms with E-state index < -0.39 is 5.97 Å². The lowest BCUT2D eigenvalue weighted by molar-refractivity contribution is -0.145. The van der Waals surface area contributed by atoms with Crippen molar-refractivity contribution in [2.45, 2.75) is 38.6 Å². The third-order valence-electron chi connectivity index (χ3n) is 3.23. The van der Waals surface area contributed by atoms with Crippen molar-refractivity contribution in [2.75, 3.05) is 13.1 Å². The molecule has 0 saturated carbocycles. The fourth-order valence-electron chi connectivity index (χ4n) is 2.19. The third-order valence-corrected chi connectivity index (χ3v) is 3.23. The number of carboxylic acid groups (broad SMARTS) is 1. The van der Waals surface area contributed by atoms with Crippen LogP contribution in [0.2, 0.25) is 0 Å². The number of likely N-dealkylation sites (tertiary alicyclic amines) is 1. The van der Waals surface area contributed by atoms with Crippen molar-refractivity contribution in [1.82, 2.24) is 4.90 Å². The molecule has 1 fully saturated rings. The van der Waals surface area contributed by atoms with E-state index in [0.29, 0.717) is 18.9 Å². The van der Waals surface area contributed by atoms with E-state index in [1.807, 2.05) is 4.90 Å². The van der Waals surface area contributed by atoms with Gasteiger partial charge in [0.15, 0.2) is 0 Å². The van der Waals surface area contributed by atoms with E-state index in [4.69, 9.17) is 11.5 Å². The molecular weight excluding hydrogens is 190 g/mol. The summed E-state index contributed by atoms with van der Waals surface area (Å²) in [5.41, 5.74) is 0. The van der Waals surface area contributed by atoms with Gasteiger partial charge in [0.1, 0.15) is 6.04 Å². The molecule has 15 heavy (non-hydrogen) atoms. The predicted octanol–water partition coefficient (Wildman–Crippen LogP) is 1.58. The van der Waals surface area contributed by atoms with E-state index >= 15 is 0 Å². The van der Waals surface area contributed by atoms with E-state index in [1.54, 1.807) is 0 Å². The molecule has 3 nitrogen and oxygen atoms in total. The van der Waals surface area contributed by atoms with Crippen LogP contribution in [-0.2, 0) is 4.79 Å². The Morgan fingerprint density at radius 3 is 2.93 bits per heavy atom. The Morgan fingerprint density at radius 1 is 1.67 bits per heavy atom. The molecule has 0 aliphatic carbocycles. The fraction of sp³-hybridized carbons (Fsp3) is 0.750. The average molecular weight is 209 g/mol. The van der Waals surface area contributed by atoms with Crippen LogP contribution in [0.5, 0.6) is 0 Å². The number of hydrogen-bond acceptors (Lipinski definition) is 2. The minimum absolute atomic E-state index is 0.322. The number of terminal acetylenes is 1. The summed E-state index contributed by atoms with van der Waals surface area (Å²) in [6.07, 6.45) is 8.79. The fourth-order valence-corrected chi connectivity index (χ4v) is 2.19. The Bertz CT molecular complexity index is 257. The molecule has 1 aliphatic rings. The first-order valence-corrected chi connectivity index (χ1v) is 5.59. The Morgan fingerprint density at radius 2 is 2.40 bits per heavy atom. The number of piperidine rings is 1. The molecule has 2 atom stereocenters. The largest absolute Gasteiger partial charge is 0.480 e. The zero-order chi connectivity index (χ0) is 11.3. The number of rotatable bonds is 4. The Labute approximate surface area is 91.5 Å². The molecule has 0 radical (unpaired) electrons. The van der Waals surface area contributed by atoms with Gasteiger partial charge in [-0.05, 0) is 25.3 Å². The normalized spacial score (nSPS) is 27.2. The van der Waals surface area contributed by atoms with Crippen molar-refractivity contribution >= 4 is 5.97 Å². The highest BCUT2D eigenvalue weighted by atomic mass is 16.4. The smallest absolute Gasteiger partial charge is 0.320 e. The molecule has 2 unspecified atom stereocenters. The van der Waals surface area contributed by atoms with Crippen molar-refractivity contribution in [2.24, 2.45) is 5.92 Å². The number of aliphatic carboxylic acids is 1. The number of hydrogen-bond donors (Lipinski definition) is 1. The number of nitrogens with zero attached hydrogens (tertiary/aromatic N) is 1. The van der Waals surface area contributed by atoms with E-state index in [1.165, 1.54) is 0 Å². The van der Waals surface area contributed by atoms with Gasteiger partial charge in [-0.15, -0.1) is 12.3 Å². The second-order valence-corrected chi connectivity index (χ2v) is 4.14. The first-order valence-electron chi connectivity index (χ1n) is 5.59. The lowest BCUT2D eigenvalue weighted by Crippen LogP contribution is -2.47. The maximum Gasteiger partial charge on any atom is 0.320 e. The van der Waals surface area contributed by atoms with E-state index in [9.17, 15) is 4.79 Å². The predicted molar refractivity (Wildman–Crippen MR) is 59.5 cm³/mol. The quantitative estimate of drug-likeness (QED) is 0.715. The minimum atomic E-state index is -0.704. The van der Waals surface area contributed by atoms with Crippen LogP contribution in [0.25, 0.3) is 0 Å². The lowest BCUT2D eigenvalue weighted by Gasteiger charge is -2.36. The van der Waals surface area contributed by atoms with Crippen molar-refractivity contribution in [3.05, 3.63) is 0 Å². The van der Waals surface area contributed by atoms with Crippen LogP contribution in [0.4, 0.5) is 0 Å². The molecule has 1 aliphatic heterocycles. The highest BCUT2D eigenvalue weighted by Crippen LogP contribution is 2.25. The molecule has 0 amide bonds. The van der Waals surface area contributed by atoms with E-state index in [0.717, 1.165) is 25.8 Å². The van der Waals surface area contributed by atoms with Crippen LogP contribution in [0.1, 0.15) is 32.6 Å². The third kappa shape index (κ3) is 3.24. The molecular formula is C12H19NO2. The van der Waals surface area contributed by atoms with Crippen LogP contribution in [-0.4, -0.2) is 35.1 Å². The summed E-state index contributed by atoms with van der Waals surface area (Å²) in [6.45, 7) is 3.71. The summed E-state index contributed by atoms with van der Waals surface area (Å²) in [7, 11) is 0. The molecule has 0 aromatic carbocycles. The second kappa shape index (κ2) is 5.77. The number of carbonyl (C=O) groups is 1. The van der Waals surface area contributed by atoms with Crippen LogP contribution in [0, 0.1) is 18.3 Å². The zero-order valence-corrected chi connectivity index (χ0v) is 9.28. The van der Waals surface area contributed by atoms with Gasteiger partial charge in [-0.1, -0.05) is 13.3 Å². The van der Waals surface area contributed by atoms with Crippen LogP contribution < -0.4 is 0 Å².